The Morgan fingerprint density at radius 1 is 0.913 bits per heavy atom. The van der Waals surface area contributed by atoms with Gasteiger partial charge >= 0.3 is 0 Å². The van der Waals surface area contributed by atoms with Gasteiger partial charge in [0.05, 0.1) is 21.3 Å². The Balaban J connectivity index is 2.25. The highest BCUT2D eigenvalue weighted by Crippen LogP contribution is 2.28. The fourth-order valence-corrected chi connectivity index (χ4v) is 2.24. The van der Waals surface area contributed by atoms with Gasteiger partial charge in [0.1, 0.15) is 5.75 Å². The summed E-state index contributed by atoms with van der Waals surface area (Å²) in [4.78, 5) is 12.3. The first-order valence-electron chi connectivity index (χ1n) is 6.87. The van der Waals surface area contributed by atoms with Crippen LogP contribution in [0.3, 0.4) is 0 Å². The second-order valence-electron chi connectivity index (χ2n) is 4.65. The van der Waals surface area contributed by atoms with E-state index in [1.54, 1.807) is 56.7 Å². The molecule has 0 aromatic heterocycles. The number of allylic oxidation sites excluding steroid dienone is 1. The van der Waals surface area contributed by atoms with Gasteiger partial charge in [0.2, 0.25) is 0 Å². The predicted octanol–water partition coefficient (Wildman–Crippen LogP) is 4.26. The number of carbonyl (C=O) groups is 1. The van der Waals surface area contributed by atoms with Crippen molar-refractivity contribution in [3.8, 4) is 17.2 Å². The highest BCUT2D eigenvalue weighted by Gasteiger charge is 2.09. The maximum atomic E-state index is 12.3. The first-order chi connectivity index (χ1) is 11.1. The van der Waals surface area contributed by atoms with E-state index in [0.29, 0.717) is 27.8 Å². The molecule has 0 spiro atoms. The van der Waals surface area contributed by atoms with Crippen LogP contribution in [0.2, 0.25) is 5.02 Å². The van der Waals surface area contributed by atoms with E-state index < -0.39 is 0 Å². The summed E-state index contributed by atoms with van der Waals surface area (Å²) < 4.78 is 15.6. The number of hydrogen-bond acceptors (Lipinski definition) is 4. The molecule has 2 aromatic carbocycles. The third-order valence-corrected chi connectivity index (χ3v) is 3.51. The number of carbonyl (C=O) groups excluding carboxylic acids is 1. The molecular weight excluding hydrogens is 316 g/mol. The number of methoxy groups -OCH3 is 3. The van der Waals surface area contributed by atoms with E-state index in [-0.39, 0.29) is 5.78 Å². The maximum Gasteiger partial charge on any atom is 0.185 e. The lowest BCUT2D eigenvalue weighted by atomic mass is 10.1. The summed E-state index contributed by atoms with van der Waals surface area (Å²) in [7, 11) is 4.63. The van der Waals surface area contributed by atoms with Crippen molar-refractivity contribution in [3.63, 3.8) is 0 Å². The Kier molecular flexibility index (Phi) is 5.66. The monoisotopic (exact) mass is 332 g/mol. The van der Waals surface area contributed by atoms with E-state index in [1.807, 2.05) is 0 Å². The van der Waals surface area contributed by atoms with Gasteiger partial charge in [0.25, 0.3) is 0 Å². The van der Waals surface area contributed by atoms with E-state index in [4.69, 9.17) is 25.8 Å². The third-order valence-electron chi connectivity index (χ3n) is 3.28. The van der Waals surface area contributed by atoms with Crippen LogP contribution < -0.4 is 14.2 Å². The van der Waals surface area contributed by atoms with Gasteiger partial charge < -0.3 is 14.2 Å². The van der Waals surface area contributed by atoms with Gasteiger partial charge in [-0.05, 0) is 48.6 Å². The Bertz CT molecular complexity index is 738. The van der Waals surface area contributed by atoms with E-state index in [0.717, 1.165) is 5.56 Å². The molecule has 2 aromatic rings. The molecule has 2 rings (SSSR count). The van der Waals surface area contributed by atoms with Gasteiger partial charge in [-0.25, -0.2) is 0 Å². The van der Waals surface area contributed by atoms with Gasteiger partial charge in [-0.1, -0.05) is 11.6 Å². The standard InChI is InChI=1S/C18H17ClO4/c1-21-16-9-6-13(10-18(16)23-3)15(20)8-5-12-4-7-14(19)11-17(12)22-2/h4-11H,1-3H3/b8-5+. The van der Waals surface area contributed by atoms with Crippen LogP contribution >= 0.6 is 11.6 Å². The van der Waals surface area contributed by atoms with Crippen molar-refractivity contribution in [2.24, 2.45) is 0 Å². The lowest BCUT2D eigenvalue weighted by Gasteiger charge is -2.08. The van der Waals surface area contributed by atoms with Gasteiger partial charge in [0, 0.05) is 16.1 Å². The quantitative estimate of drug-likeness (QED) is 0.585. The van der Waals surface area contributed by atoms with E-state index in [2.05, 4.69) is 0 Å². The molecule has 0 aliphatic heterocycles. The molecule has 4 nitrogen and oxygen atoms in total. The van der Waals surface area contributed by atoms with Gasteiger partial charge in [0.15, 0.2) is 17.3 Å². The first-order valence-corrected chi connectivity index (χ1v) is 7.24. The highest BCUT2D eigenvalue weighted by molar-refractivity contribution is 6.30. The summed E-state index contributed by atoms with van der Waals surface area (Å²) in [5, 5.41) is 0.574. The normalized spacial score (nSPS) is 10.6. The molecule has 0 atom stereocenters. The Morgan fingerprint density at radius 2 is 1.61 bits per heavy atom. The van der Waals surface area contributed by atoms with Crippen LogP contribution in [0.4, 0.5) is 0 Å². The number of ether oxygens (including phenoxy) is 3. The van der Waals surface area contributed by atoms with Crippen LogP contribution in [-0.2, 0) is 0 Å². The average molecular weight is 333 g/mol. The average Bonchev–Trinajstić information content (AvgIpc) is 2.59. The van der Waals surface area contributed by atoms with Crippen molar-refractivity contribution in [1.82, 2.24) is 0 Å². The Morgan fingerprint density at radius 3 is 2.26 bits per heavy atom. The van der Waals surface area contributed by atoms with Gasteiger partial charge in [-0.15, -0.1) is 0 Å². The highest BCUT2D eigenvalue weighted by atomic mass is 35.5. The molecular formula is C18H17ClO4. The molecule has 0 saturated carbocycles. The number of halogens is 1. The topological polar surface area (TPSA) is 44.8 Å². The second-order valence-corrected chi connectivity index (χ2v) is 5.09. The molecule has 0 aliphatic rings. The molecule has 0 fully saturated rings. The number of benzene rings is 2. The van der Waals surface area contributed by atoms with Crippen LogP contribution in [0.25, 0.3) is 6.08 Å². The molecule has 120 valence electrons. The van der Waals surface area contributed by atoms with Gasteiger partial charge in [-0.3, -0.25) is 4.79 Å². The minimum atomic E-state index is -0.150. The summed E-state index contributed by atoms with van der Waals surface area (Å²) in [5.41, 5.74) is 1.28. The molecule has 0 heterocycles. The fourth-order valence-electron chi connectivity index (χ4n) is 2.07. The minimum absolute atomic E-state index is 0.150. The molecule has 0 unspecified atom stereocenters. The van der Waals surface area contributed by atoms with E-state index in [1.165, 1.54) is 13.2 Å². The lowest BCUT2D eigenvalue weighted by molar-refractivity contribution is 0.104. The van der Waals surface area contributed by atoms with Crippen molar-refractivity contribution in [2.75, 3.05) is 21.3 Å². The smallest absolute Gasteiger partial charge is 0.185 e. The van der Waals surface area contributed by atoms with Crippen molar-refractivity contribution >= 4 is 23.5 Å². The molecule has 0 bridgehead atoms. The van der Waals surface area contributed by atoms with E-state index in [9.17, 15) is 4.79 Å². The van der Waals surface area contributed by atoms with Crippen LogP contribution in [0.1, 0.15) is 15.9 Å². The van der Waals surface area contributed by atoms with Crippen molar-refractivity contribution < 1.29 is 19.0 Å². The molecule has 0 saturated heterocycles. The summed E-state index contributed by atoms with van der Waals surface area (Å²) in [6, 6.07) is 10.3. The Hall–Kier alpha value is -2.46. The zero-order valence-electron chi connectivity index (χ0n) is 13.1. The largest absolute Gasteiger partial charge is 0.496 e. The SMILES string of the molecule is COc1cc(Cl)ccc1/C=C/C(=O)c1ccc(OC)c(OC)c1. The van der Waals surface area contributed by atoms with Crippen molar-refractivity contribution in [1.29, 1.82) is 0 Å². The summed E-state index contributed by atoms with van der Waals surface area (Å²) in [6.45, 7) is 0. The lowest BCUT2D eigenvalue weighted by Crippen LogP contribution is -1.97. The van der Waals surface area contributed by atoms with Crippen LogP contribution in [0, 0.1) is 0 Å². The molecule has 5 heteroatoms. The molecule has 0 radical (unpaired) electrons. The molecule has 23 heavy (non-hydrogen) atoms. The number of rotatable bonds is 6. The fraction of sp³-hybridized carbons (Fsp3) is 0.167. The summed E-state index contributed by atoms with van der Waals surface area (Å²) in [6.07, 6.45) is 3.17. The summed E-state index contributed by atoms with van der Waals surface area (Å²) in [5.74, 6) is 1.54. The second kappa shape index (κ2) is 7.70. The zero-order valence-corrected chi connectivity index (χ0v) is 13.9. The van der Waals surface area contributed by atoms with Crippen molar-refractivity contribution in [3.05, 3.63) is 58.6 Å². The maximum absolute atomic E-state index is 12.3. The summed E-state index contributed by atoms with van der Waals surface area (Å²) >= 11 is 5.92. The molecule has 0 N–H and O–H groups in total. The minimum Gasteiger partial charge on any atom is -0.496 e. The zero-order chi connectivity index (χ0) is 16.8. The van der Waals surface area contributed by atoms with Gasteiger partial charge in [-0.2, -0.15) is 0 Å². The molecule has 0 aliphatic carbocycles. The molecule has 0 amide bonds. The van der Waals surface area contributed by atoms with Crippen LogP contribution in [0.15, 0.2) is 42.5 Å². The Labute approximate surface area is 140 Å². The van der Waals surface area contributed by atoms with Crippen LogP contribution in [0.5, 0.6) is 17.2 Å². The van der Waals surface area contributed by atoms with Crippen molar-refractivity contribution in [2.45, 2.75) is 0 Å². The van der Waals surface area contributed by atoms with Crippen LogP contribution in [-0.4, -0.2) is 27.1 Å². The van der Waals surface area contributed by atoms with E-state index >= 15 is 0 Å². The predicted molar refractivity (Wildman–Crippen MR) is 90.9 cm³/mol. The third kappa shape index (κ3) is 4.05. The first kappa shape index (κ1) is 16.9. The number of ketones is 1. The number of hydrogen-bond donors (Lipinski definition) is 0.